The summed E-state index contributed by atoms with van der Waals surface area (Å²) < 4.78 is 0.686. The summed E-state index contributed by atoms with van der Waals surface area (Å²) in [7, 11) is 0. The summed E-state index contributed by atoms with van der Waals surface area (Å²) in [6.07, 6.45) is 4.45. The SMILES string of the molecule is O=C(O)N(CCNC1CCCC1)CC(Cc1ccccc1)c1ccc(O)c2[nH]c(=O)sc12. The number of nitrogens with zero attached hydrogens (tertiary/aromatic N) is 1. The van der Waals surface area contributed by atoms with Crippen molar-refractivity contribution in [1.29, 1.82) is 0 Å². The minimum Gasteiger partial charge on any atom is -0.506 e. The Bertz CT molecular complexity index is 1110. The number of nitrogens with one attached hydrogen (secondary N) is 2. The van der Waals surface area contributed by atoms with Gasteiger partial charge in [-0.3, -0.25) is 4.79 Å². The molecule has 3 aromatic rings. The number of fused-ring (bicyclic) bond motifs is 1. The first-order chi connectivity index (χ1) is 15.5. The van der Waals surface area contributed by atoms with Crippen LogP contribution in [0.3, 0.4) is 0 Å². The maximum Gasteiger partial charge on any atom is 0.407 e. The van der Waals surface area contributed by atoms with E-state index in [0.29, 0.717) is 42.3 Å². The summed E-state index contributed by atoms with van der Waals surface area (Å²) in [6, 6.07) is 13.8. The van der Waals surface area contributed by atoms with E-state index in [4.69, 9.17) is 0 Å². The zero-order chi connectivity index (χ0) is 22.5. The van der Waals surface area contributed by atoms with Gasteiger partial charge in [-0.15, -0.1) is 0 Å². The molecule has 1 unspecified atom stereocenters. The van der Waals surface area contributed by atoms with Gasteiger partial charge in [0.15, 0.2) is 0 Å². The lowest BCUT2D eigenvalue weighted by Gasteiger charge is -2.27. The van der Waals surface area contributed by atoms with Gasteiger partial charge in [0.1, 0.15) is 11.3 Å². The fourth-order valence-electron chi connectivity index (χ4n) is 4.60. The molecule has 1 aliphatic carbocycles. The smallest absolute Gasteiger partial charge is 0.407 e. The molecule has 1 heterocycles. The average Bonchev–Trinajstić information content (AvgIpc) is 3.43. The van der Waals surface area contributed by atoms with Crippen molar-refractivity contribution in [3.8, 4) is 5.75 Å². The molecule has 0 radical (unpaired) electrons. The first kappa shape index (κ1) is 22.4. The first-order valence-electron chi connectivity index (χ1n) is 11.1. The van der Waals surface area contributed by atoms with Gasteiger partial charge in [0.05, 0.1) is 4.70 Å². The number of hydrogen-bond acceptors (Lipinski definition) is 5. The van der Waals surface area contributed by atoms with Crippen LogP contribution < -0.4 is 10.2 Å². The van der Waals surface area contributed by atoms with Crippen molar-refractivity contribution in [2.75, 3.05) is 19.6 Å². The van der Waals surface area contributed by atoms with Crippen LogP contribution in [0.1, 0.15) is 42.7 Å². The van der Waals surface area contributed by atoms with Crippen LogP contribution >= 0.6 is 11.3 Å². The fraction of sp³-hybridized carbons (Fsp3) is 0.417. The summed E-state index contributed by atoms with van der Waals surface area (Å²) in [5, 5.41) is 23.6. The summed E-state index contributed by atoms with van der Waals surface area (Å²) in [5.74, 6) is -0.133. The predicted molar refractivity (Wildman–Crippen MR) is 127 cm³/mol. The fourth-order valence-corrected chi connectivity index (χ4v) is 5.55. The molecule has 170 valence electrons. The third-order valence-corrected chi connectivity index (χ3v) is 7.17. The van der Waals surface area contributed by atoms with E-state index < -0.39 is 6.09 Å². The van der Waals surface area contributed by atoms with Gasteiger partial charge in [-0.1, -0.05) is 60.6 Å². The second-order valence-electron chi connectivity index (χ2n) is 8.44. The molecule has 0 spiro atoms. The number of benzene rings is 2. The third kappa shape index (κ3) is 5.31. The molecule has 7 nitrogen and oxygen atoms in total. The number of aromatic hydroxyl groups is 1. The Kier molecular flexibility index (Phi) is 7.12. The quantitative estimate of drug-likeness (QED) is 0.388. The lowest BCUT2D eigenvalue weighted by Crippen LogP contribution is -2.41. The molecule has 1 fully saturated rings. The monoisotopic (exact) mass is 455 g/mol. The van der Waals surface area contributed by atoms with E-state index in [1.807, 2.05) is 36.4 Å². The van der Waals surface area contributed by atoms with Gasteiger partial charge in [-0.25, -0.2) is 4.79 Å². The van der Waals surface area contributed by atoms with E-state index in [2.05, 4.69) is 10.3 Å². The van der Waals surface area contributed by atoms with Gasteiger partial charge >= 0.3 is 11.0 Å². The Morgan fingerprint density at radius 1 is 1.19 bits per heavy atom. The zero-order valence-electron chi connectivity index (χ0n) is 17.9. The zero-order valence-corrected chi connectivity index (χ0v) is 18.7. The largest absolute Gasteiger partial charge is 0.506 e. The van der Waals surface area contributed by atoms with Crippen molar-refractivity contribution < 1.29 is 15.0 Å². The predicted octanol–water partition coefficient (Wildman–Crippen LogP) is 4.13. The topological polar surface area (TPSA) is 106 Å². The van der Waals surface area contributed by atoms with Crippen molar-refractivity contribution in [1.82, 2.24) is 15.2 Å². The number of carboxylic acid groups (broad SMARTS) is 1. The lowest BCUT2D eigenvalue weighted by atomic mass is 9.91. The molecule has 32 heavy (non-hydrogen) atoms. The number of phenols is 1. The highest BCUT2D eigenvalue weighted by Gasteiger charge is 2.24. The van der Waals surface area contributed by atoms with E-state index in [1.165, 1.54) is 17.7 Å². The number of thiazole rings is 1. The summed E-state index contributed by atoms with van der Waals surface area (Å²) in [5.41, 5.74) is 2.39. The molecule has 1 amide bonds. The molecular weight excluding hydrogens is 426 g/mol. The second kappa shape index (κ2) is 10.2. The van der Waals surface area contributed by atoms with Crippen molar-refractivity contribution in [2.45, 2.75) is 44.1 Å². The Hall–Kier alpha value is -2.84. The lowest BCUT2D eigenvalue weighted by molar-refractivity contribution is 0.141. The van der Waals surface area contributed by atoms with Crippen LogP contribution in [0.15, 0.2) is 47.3 Å². The second-order valence-corrected chi connectivity index (χ2v) is 9.43. The van der Waals surface area contributed by atoms with Gasteiger partial charge in [0.25, 0.3) is 0 Å². The minimum atomic E-state index is -0.950. The Morgan fingerprint density at radius 3 is 2.66 bits per heavy atom. The molecule has 2 aromatic carbocycles. The highest BCUT2D eigenvalue weighted by molar-refractivity contribution is 7.16. The number of phenolic OH excluding ortho intramolecular Hbond substituents is 1. The summed E-state index contributed by atoms with van der Waals surface area (Å²) in [6.45, 7) is 1.34. The minimum absolute atomic E-state index is 0.0245. The highest BCUT2D eigenvalue weighted by Crippen LogP contribution is 2.34. The van der Waals surface area contributed by atoms with Crippen molar-refractivity contribution in [3.05, 3.63) is 63.3 Å². The molecule has 1 aliphatic rings. The van der Waals surface area contributed by atoms with Crippen LogP contribution in [0, 0.1) is 0 Å². The number of aromatic amines is 1. The normalized spacial score (nSPS) is 15.2. The average molecular weight is 456 g/mol. The Morgan fingerprint density at radius 2 is 1.94 bits per heavy atom. The summed E-state index contributed by atoms with van der Waals surface area (Å²) >= 11 is 1.05. The van der Waals surface area contributed by atoms with Gasteiger partial charge < -0.3 is 25.4 Å². The van der Waals surface area contributed by atoms with Gasteiger partial charge in [-0.05, 0) is 36.5 Å². The van der Waals surface area contributed by atoms with Gasteiger partial charge in [0.2, 0.25) is 0 Å². The number of H-pyrrole nitrogens is 1. The van der Waals surface area contributed by atoms with Crippen LogP contribution in [-0.2, 0) is 6.42 Å². The van der Waals surface area contributed by atoms with Crippen molar-refractivity contribution in [2.24, 2.45) is 0 Å². The number of hydrogen-bond donors (Lipinski definition) is 4. The maximum atomic E-state index is 12.1. The third-order valence-electron chi connectivity index (χ3n) is 6.23. The van der Waals surface area contributed by atoms with Crippen molar-refractivity contribution >= 4 is 27.6 Å². The van der Waals surface area contributed by atoms with E-state index in [9.17, 15) is 19.8 Å². The number of amides is 1. The van der Waals surface area contributed by atoms with Crippen LogP contribution in [-0.4, -0.2) is 51.9 Å². The molecule has 0 aliphatic heterocycles. The number of carbonyl (C=O) groups is 1. The van der Waals surface area contributed by atoms with E-state index in [1.54, 1.807) is 6.07 Å². The maximum absolute atomic E-state index is 12.1. The molecule has 4 N–H and O–H groups in total. The molecule has 4 rings (SSSR count). The molecule has 1 aromatic heterocycles. The number of rotatable bonds is 9. The van der Waals surface area contributed by atoms with Crippen molar-refractivity contribution in [3.63, 3.8) is 0 Å². The van der Waals surface area contributed by atoms with E-state index >= 15 is 0 Å². The molecule has 0 saturated heterocycles. The Balaban J connectivity index is 1.59. The molecule has 1 saturated carbocycles. The number of aromatic nitrogens is 1. The van der Waals surface area contributed by atoms with Crippen LogP contribution in [0.4, 0.5) is 4.79 Å². The van der Waals surface area contributed by atoms with Gasteiger partial charge in [-0.2, -0.15) is 0 Å². The van der Waals surface area contributed by atoms with Crippen LogP contribution in [0.5, 0.6) is 5.75 Å². The molecule has 1 atom stereocenters. The van der Waals surface area contributed by atoms with Crippen LogP contribution in [0.2, 0.25) is 0 Å². The molecule has 0 bridgehead atoms. The van der Waals surface area contributed by atoms with E-state index in [-0.39, 0.29) is 16.5 Å². The first-order valence-corrected chi connectivity index (χ1v) is 11.9. The molecule has 8 heteroatoms. The summed E-state index contributed by atoms with van der Waals surface area (Å²) in [4.78, 5) is 28.0. The Labute approximate surface area is 190 Å². The highest BCUT2D eigenvalue weighted by atomic mass is 32.1. The van der Waals surface area contributed by atoms with E-state index in [0.717, 1.165) is 35.3 Å². The standard InChI is InChI=1S/C24H29N3O4S/c28-20-11-10-19(22-21(20)26-23(29)32-22)17(14-16-6-2-1-3-7-16)15-27(24(30)31)13-12-25-18-8-4-5-9-18/h1-3,6-7,10-11,17-18,25,28H,4-5,8-9,12-15H2,(H,26,29)(H,30,31). The van der Waals surface area contributed by atoms with Gasteiger partial charge in [0, 0.05) is 31.6 Å². The van der Waals surface area contributed by atoms with Crippen LogP contribution in [0.25, 0.3) is 10.2 Å². The molecular formula is C24H29N3O4S.